The van der Waals surface area contributed by atoms with Gasteiger partial charge in [-0.15, -0.1) is 0 Å². The second-order valence-electron chi connectivity index (χ2n) is 4.56. The van der Waals surface area contributed by atoms with E-state index in [0.717, 1.165) is 6.42 Å². The minimum absolute atomic E-state index is 0.0487. The molecule has 1 saturated carbocycles. The Morgan fingerprint density at radius 1 is 1.60 bits per heavy atom. The van der Waals surface area contributed by atoms with Gasteiger partial charge in [0.05, 0.1) is 0 Å². The molecule has 2 aliphatic rings. The maximum absolute atomic E-state index is 11.7. The largest absolute Gasteiger partial charge is 0.348 e. The highest BCUT2D eigenvalue weighted by Crippen LogP contribution is 2.42. The van der Waals surface area contributed by atoms with Crippen molar-refractivity contribution in [3.05, 3.63) is 0 Å². The van der Waals surface area contributed by atoms with Gasteiger partial charge in [0.1, 0.15) is 11.9 Å². The summed E-state index contributed by atoms with van der Waals surface area (Å²) in [5.74, 6) is -0.418. The zero-order chi connectivity index (χ0) is 11.1. The third-order valence-electron chi connectivity index (χ3n) is 3.54. The molecule has 0 aromatic carbocycles. The minimum Gasteiger partial charge on any atom is -0.348 e. The molecule has 1 saturated heterocycles. The van der Waals surface area contributed by atoms with Crippen LogP contribution in [0.4, 0.5) is 0 Å². The van der Waals surface area contributed by atoms with Crippen molar-refractivity contribution < 1.29 is 19.3 Å². The quantitative estimate of drug-likeness (QED) is 0.656. The van der Waals surface area contributed by atoms with Crippen LogP contribution in [-0.4, -0.2) is 24.3 Å². The van der Waals surface area contributed by atoms with Gasteiger partial charge in [0.15, 0.2) is 0 Å². The molecule has 2 rings (SSSR count). The molecule has 86 valence electrons. The van der Waals surface area contributed by atoms with Gasteiger partial charge in [0, 0.05) is 24.9 Å². The average Bonchev–Trinajstić information content (AvgIpc) is 2.19. The van der Waals surface area contributed by atoms with Crippen molar-refractivity contribution in [2.24, 2.45) is 11.8 Å². The van der Waals surface area contributed by atoms with Crippen LogP contribution in [0.1, 0.15) is 33.6 Å². The second-order valence-corrected chi connectivity index (χ2v) is 4.56. The lowest BCUT2D eigenvalue weighted by Gasteiger charge is -2.46. The van der Waals surface area contributed by atoms with Crippen LogP contribution >= 0.6 is 0 Å². The Morgan fingerprint density at radius 3 is 3.00 bits per heavy atom. The van der Waals surface area contributed by atoms with Crippen LogP contribution in [0.5, 0.6) is 0 Å². The van der Waals surface area contributed by atoms with Crippen molar-refractivity contribution in [1.82, 2.24) is 0 Å². The molecule has 0 aromatic rings. The molecular weight excluding hydrogens is 196 g/mol. The first kappa shape index (κ1) is 11.0. The summed E-state index contributed by atoms with van der Waals surface area (Å²) in [7, 11) is 0. The second kappa shape index (κ2) is 3.85. The lowest BCUT2D eigenvalue weighted by molar-refractivity contribution is -0.484. The average molecular weight is 214 g/mol. The topological polar surface area (TPSA) is 44.8 Å². The van der Waals surface area contributed by atoms with Crippen molar-refractivity contribution >= 4 is 5.78 Å². The number of fused-ring (bicyclic) bond motifs is 2. The third-order valence-corrected chi connectivity index (χ3v) is 3.54. The minimum atomic E-state index is -0.749. The van der Waals surface area contributed by atoms with Crippen LogP contribution < -0.4 is 0 Å². The normalized spacial score (nSPS) is 45.5. The Labute approximate surface area is 89.8 Å². The van der Waals surface area contributed by atoms with Crippen LogP contribution in [0.3, 0.4) is 0 Å². The van der Waals surface area contributed by atoms with E-state index in [2.05, 4.69) is 0 Å². The number of rotatable bonds is 2. The molecule has 0 aromatic heterocycles. The maximum atomic E-state index is 11.7. The number of carbonyl (C=O) groups is 1. The van der Waals surface area contributed by atoms with E-state index in [4.69, 9.17) is 14.5 Å². The summed E-state index contributed by atoms with van der Waals surface area (Å²) < 4.78 is 5.54. The molecule has 4 heteroatoms. The number of hydrogen-bond donors (Lipinski definition) is 0. The number of hydrogen-bond acceptors (Lipinski definition) is 4. The van der Waals surface area contributed by atoms with Gasteiger partial charge >= 0.3 is 0 Å². The predicted molar refractivity (Wildman–Crippen MR) is 52.9 cm³/mol. The van der Waals surface area contributed by atoms with Crippen LogP contribution in [0.2, 0.25) is 0 Å². The number of Topliss-reactive ketones (excluding diaryl/α,β-unsaturated/α-hetero) is 1. The van der Waals surface area contributed by atoms with Gasteiger partial charge in [-0.2, -0.15) is 0 Å². The van der Waals surface area contributed by atoms with Gasteiger partial charge in [0.2, 0.25) is 5.79 Å². The maximum Gasteiger partial charge on any atom is 0.202 e. The van der Waals surface area contributed by atoms with E-state index >= 15 is 0 Å². The molecule has 4 nitrogen and oxygen atoms in total. The molecule has 0 unspecified atom stereocenters. The standard InChI is InChI=1S/C11H18O4/c1-4-13-11(3)8-5-9(12)7(2)10(6-8)14-15-11/h7-8,10H,4-6H2,1-3H3/t7-,8+,10+,11+/m1/s1. The Hall–Kier alpha value is -0.450. The van der Waals surface area contributed by atoms with E-state index in [0.29, 0.717) is 13.0 Å². The van der Waals surface area contributed by atoms with E-state index in [1.54, 1.807) is 0 Å². The molecule has 15 heavy (non-hydrogen) atoms. The lowest BCUT2D eigenvalue weighted by atomic mass is 9.75. The smallest absolute Gasteiger partial charge is 0.202 e. The lowest BCUT2D eigenvalue weighted by Crippen LogP contribution is -2.54. The van der Waals surface area contributed by atoms with E-state index < -0.39 is 5.79 Å². The molecule has 0 spiro atoms. The van der Waals surface area contributed by atoms with Gasteiger partial charge in [-0.1, -0.05) is 6.92 Å². The summed E-state index contributed by atoms with van der Waals surface area (Å²) in [6.07, 6.45) is 1.30. The first-order chi connectivity index (χ1) is 7.07. The van der Waals surface area contributed by atoms with Gasteiger partial charge in [-0.25, -0.2) is 9.78 Å². The van der Waals surface area contributed by atoms with E-state index in [1.807, 2.05) is 20.8 Å². The van der Waals surface area contributed by atoms with E-state index in [-0.39, 0.29) is 23.7 Å². The van der Waals surface area contributed by atoms with Crippen LogP contribution in [0.15, 0.2) is 0 Å². The van der Waals surface area contributed by atoms with Crippen molar-refractivity contribution in [1.29, 1.82) is 0 Å². The first-order valence-corrected chi connectivity index (χ1v) is 5.58. The van der Waals surface area contributed by atoms with Crippen molar-refractivity contribution in [2.45, 2.75) is 45.5 Å². The van der Waals surface area contributed by atoms with Crippen LogP contribution in [0.25, 0.3) is 0 Å². The molecule has 0 N–H and O–H groups in total. The molecule has 0 radical (unpaired) electrons. The predicted octanol–water partition coefficient (Wildman–Crippen LogP) is 1.68. The summed E-state index contributed by atoms with van der Waals surface area (Å²) >= 11 is 0. The van der Waals surface area contributed by atoms with Crippen molar-refractivity contribution in [3.63, 3.8) is 0 Å². The number of carbonyl (C=O) groups excluding carboxylic acids is 1. The fraction of sp³-hybridized carbons (Fsp3) is 0.909. The van der Waals surface area contributed by atoms with E-state index in [9.17, 15) is 4.79 Å². The van der Waals surface area contributed by atoms with E-state index in [1.165, 1.54) is 0 Å². The molecule has 2 bridgehead atoms. The fourth-order valence-electron chi connectivity index (χ4n) is 2.38. The SMILES string of the molecule is CCO[C@@]1(C)OO[C@H]2C[C@@H]1CC(=O)[C@H]2C. The zero-order valence-corrected chi connectivity index (χ0v) is 9.49. The summed E-state index contributed by atoms with van der Waals surface area (Å²) in [6, 6.07) is 0. The highest BCUT2D eigenvalue weighted by molar-refractivity contribution is 5.82. The fourth-order valence-corrected chi connectivity index (χ4v) is 2.38. The van der Waals surface area contributed by atoms with Gasteiger partial charge in [-0.05, 0) is 20.3 Å². The summed E-state index contributed by atoms with van der Waals surface area (Å²) in [5.41, 5.74) is 0. The van der Waals surface area contributed by atoms with Gasteiger partial charge < -0.3 is 4.74 Å². The molecular formula is C11H18O4. The summed E-state index contributed by atoms with van der Waals surface area (Å²) in [5, 5.41) is 0. The number of ketones is 1. The Morgan fingerprint density at radius 2 is 2.33 bits per heavy atom. The Bertz CT molecular complexity index is 265. The summed E-state index contributed by atoms with van der Waals surface area (Å²) in [4.78, 5) is 22.3. The molecule has 1 aliphatic carbocycles. The Balaban J connectivity index is 2.13. The summed E-state index contributed by atoms with van der Waals surface area (Å²) in [6.45, 7) is 6.22. The molecule has 4 atom stereocenters. The first-order valence-electron chi connectivity index (χ1n) is 5.58. The monoisotopic (exact) mass is 214 g/mol. The third kappa shape index (κ3) is 1.82. The Kier molecular flexibility index (Phi) is 2.83. The van der Waals surface area contributed by atoms with Gasteiger partial charge in [-0.3, -0.25) is 4.79 Å². The molecule has 2 fully saturated rings. The molecule has 1 aliphatic heterocycles. The van der Waals surface area contributed by atoms with Crippen molar-refractivity contribution in [2.75, 3.05) is 6.61 Å². The number of ether oxygens (including phenoxy) is 1. The highest BCUT2D eigenvalue weighted by Gasteiger charge is 2.50. The highest BCUT2D eigenvalue weighted by atomic mass is 17.2. The molecule has 1 heterocycles. The van der Waals surface area contributed by atoms with Gasteiger partial charge in [0.25, 0.3) is 0 Å². The van der Waals surface area contributed by atoms with Crippen molar-refractivity contribution in [3.8, 4) is 0 Å². The molecule has 0 amide bonds. The van der Waals surface area contributed by atoms with Crippen LogP contribution in [0, 0.1) is 11.8 Å². The van der Waals surface area contributed by atoms with Crippen LogP contribution in [-0.2, 0) is 19.3 Å². The zero-order valence-electron chi connectivity index (χ0n) is 9.49.